The van der Waals surface area contributed by atoms with Gasteiger partial charge in [-0.05, 0) is 154 Å². The summed E-state index contributed by atoms with van der Waals surface area (Å²) in [6.07, 6.45) is 0. The number of fused-ring (bicyclic) bond motifs is 6. The van der Waals surface area contributed by atoms with E-state index in [2.05, 4.69) is 306 Å². The highest BCUT2D eigenvalue weighted by Crippen LogP contribution is 2.54. The molecule has 0 radical (unpaired) electrons. The maximum atomic E-state index is 5.12. The molecule has 0 unspecified atom stereocenters. The van der Waals surface area contributed by atoms with Crippen molar-refractivity contribution in [1.82, 2.24) is 19.1 Å². The minimum atomic E-state index is 0.928. The van der Waals surface area contributed by atoms with Gasteiger partial charge in [-0.2, -0.15) is 0 Å². The number of para-hydroxylation sites is 12. The van der Waals surface area contributed by atoms with Crippen LogP contribution in [0, 0.1) is 0 Å². The third kappa shape index (κ3) is 7.52. The molecule has 80 heavy (non-hydrogen) atoms. The number of aryl methyl sites for hydroxylation is 2. The standard InChI is InChI=1S/C72H54N8/c1-75-62-27-9-13-31-66(62)79(67-32-14-10-28-63(67)75)54-21-17-19-51(43-54)57-46-53(47-35-39-49(40-36-47)71-73-58-23-5-7-25-60(58)77(71)3)45-56(48-37-41-50(42-38-48)72-74-59-24-6-8-26-61(59)78(72)4)70(57)52-20-18-22-55(44-52)80-68-33-15-11-29-64(68)76(2)65-30-12-16-34-69(65)80/h5-46H,1-4H3. The lowest BCUT2D eigenvalue weighted by molar-refractivity contribution is 0.959. The third-order valence-corrected chi connectivity index (χ3v) is 16.4. The fraction of sp³-hybridized carbons (Fsp3) is 0.0556. The van der Waals surface area contributed by atoms with Gasteiger partial charge in [0.2, 0.25) is 0 Å². The van der Waals surface area contributed by atoms with Crippen molar-refractivity contribution in [2.24, 2.45) is 14.1 Å². The highest BCUT2D eigenvalue weighted by Gasteiger charge is 2.30. The van der Waals surface area contributed by atoms with E-state index < -0.39 is 0 Å². The maximum absolute atomic E-state index is 5.12. The zero-order valence-electron chi connectivity index (χ0n) is 44.8. The smallest absolute Gasteiger partial charge is 0.140 e. The molecule has 4 heterocycles. The van der Waals surface area contributed by atoms with Crippen LogP contribution in [0.3, 0.4) is 0 Å². The molecule has 0 aliphatic carbocycles. The Labute approximate surface area is 465 Å². The molecule has 0 bridgehead atoms. The van der Waals surface area contributed by atoms with Crippen LogP contribution in [-0.4, -0.2) is 33.2 Å². The summed E-state index contributed by atoms with van der Waals surface area (Å²) in [5.74, 6) is 1.86. The van der Waals surface area contributed by atoms with Gasteiger partial charge in [-0.15, -0.1) is 0 Å². The Morgan fingerprint density at radius 1 is 0.263 bits per heavy atom. The van der Waals surface area contributed by atoms with Crippen LogP contribution in [0.5, 0.6) is 0 Å². The molecule has 15 rings (SSSR count). The number of benzene rings is 11. The van der Waals surface area contributed by atoms with E-state index in [0.29, 0.717) is 0 Å². The van der Waals surface area contributed by atoms with E-state index in [9.17, 15) is 0 Å². The van der Waals surface area contributed by atoms with Crippen LogP contribution in [0.2, 0.25) is 0 Å². The molecular formula is C72H54N8. The molecular weight excluding hydrogens is 977 g/mol. The number of aromatic nitrogens is 4. The van der Waals surface area contributed by atoms with Gasteiger partial charge in [-0.1, -0.05) is 146 Å². The summed E-state index contributed by atoms with van der Waals surface area (Å²) >= 11 is 0. The number of hydrogen-bond acceptors (Lipinski definition) is 6. The molecule has 11 aromatic carbocycles. The Balaban J connectivity index is 0.967. The van der Waals surface area contributed by atoms with Crippen LogP contribution in [0.1, 0.15) is 0 Å². The van der Waals surface area contributed by atoms with Gasteiger partial charge in [0, 0.05) is 50.7 Å². The van der Waals surface area contributed by atoms with Crippen LogP contribution in [0.4, 0.5) is 56.9 Å². The SMILES string of the molecule is CN1c2ccccc2N(c2cccc(-c3cc(-c4ccc(-c5nc6ccccc6n5C)cc4)cc(-c4ccc(-c5nc6ccccc6n5C)cc4)c3-c3cccc(N4c5ccccc5N(C)c5ccccc54)c3)c2)c2ccccc21. The van der Waals surface area contributed by atoms with Gasteiger partial charge in [0.05, 0.1) is 67.6 Å². The fourth-order valence-electron chi connectivity index (χ4n) is 12.4. The zero-order chi connectivity index (χ0) is 53.6. The second-order valence-corrected chi connectivity index (χ2v) is 20.9. The number of anilines is 10. The van der Waals surface area contributed by atoms with Crippen LogP contribution < -0.4 is 19.6 Å². The molecule has 0 saturated heterocycles. The predicted octanol–water partition coefficient (Wildman–Crippen LogP) is 18.6. The molecule has 2 aliphatic rings. The summed E-state index contributed by atoms with van der Waals surface area (Å²) in [6, 6.07) is 92.5. The highest BCUT2D eigenvalue weighted by atomic mass is 15.3. The Kier molecular flexibility index (Phi) is 10.9. The molecule has 0 fully saturated rings. The van der Waals surface area contributed by atoms with Gasteiger partial charge < -0.3 is 28.7 Å². The lowest BCUT2D eigenvalue weighted by Crippen LogP contribution is -2.23. The predicted molar refractivity (Wildman–Crippen MR) is 333 cm³/mol. The number of hydrogen-bond donors (Lipinski definition) is 0. The first-order chi connectivity index (χ1) is 39.3. The minimum absolute atomic E-state index is 0.928. The Bertz CT molecular complexity index is 4470. The van der Waals surface area contributed by atoms with E-state index in [-0.39, 0.29) is 0 Å². The van der Waals surface area contributed by atoms with Gasteiger partial charge in [0.25, 0.3) is 0 Å². The molecule has 2 aromatic heterocycles. The average molecular weight is 1030 g/mol. The normalized spacial score (nSPS) is 12.7. The lowest BCUT2D eigenvalue weighted by atomic mass is 9.84. The molecule has 2 aliphatic heterocycles. The molecule has 382 valence electrons. The van der Waals surface area contributed by atoms with Crippen molar-refractivity contribution >= 4 is 78.9 Å². The summed E-state index contributed by atoms with van der Waals surface area (Å²) in [4.78, 5) is 19.6. The monoisotopic (exact) mass is 1030 g/mol. The zero-order valence-corrected chi connectivity index (χ0v) is 44.8. The molecule has 8 heteroatoms. The van der Waals surface area contributed by atoms with Crippen molar-refractivity contribution in [3.8, 4) is 67.3 Å². The van der Waals surface area contributed by atoms with E-state index >= 15 is 0 Å². The topological polar surface area (TPSA) is 48.6 Å². The van der Waals surface area contributed by atoms with Crippen molar-refractivity contribution in [3.63, 3.8) is 0 Å². The van der Waals surface area contributed by atoms with Crippen LogP contribution in [0.25, 0.3) is 89.4 Å². The second-order valence-electron chi connectivity index (χ2n) is 20.9. The first-order valence-corrected chi connectivity index (χ1v) is 27.2. The van der Waals surface area contributed by atoms with Crippen LogP contribution in [-0.2, 0) is 14.1 Å². The Hall–Kier alpha value is -10.4. The summed E-state index contributed by atoms with van der Waals surface area (Å²) in [5, 5.41) is 0. The Morgan fingerprint density at radius 2 is 0.613 bits per heavy atom. The summed E-state index contributed by atoms with van der Waals surface area (Å²) in [6.45, 7) is 0. The molecule has 0 atom stereocenters. The van der Waals surface area contributed by atoms with Gasteiger partial charge in [-0.25, -0.2) is 9.97 Å². The van der Waals surface area contributed by atoms with E-state index in [4.69, 9.17) is 9.97 Å². The molecule has 0 N–H and O–H groups in total. The van der Waals surface area contributed by atoms with Gasteiger partial charge in [0.1, 0.15) is 11.6 Å². The highest BCUT2D eigenvalue weighted by molar-refractivity contribution is 6.03. The van der Waals surface area contributed by atoms with E-state index in [1.807, 2.05) is 6.07 Å². The molecule has 0 saturated carbocycles. The van der Waals surface area contributed by atoms with Crippen molar-refractivity contribution < 1.29 is 0 Å². The number of nitrogens with zero attached hydrogens (tertiary/aromatic N) is 8. The largest absolute Gasteiger partial charge is 0.341 e. The quantitative estimate of drug-likeness (QED) is 0.151. The summed E-state index contributed by atoms with van der Waals surface area (Å²) in [7, 11) is 8.52. The van der Waals surface area contributed by atoms with Crippen molar-refractivity contribution in [2.45, 2.75) is 0 Å². The summed E-state index contributed by atoms with van der Waals surface area (Å²) < 4.78 is 4.38. The van der Waals surface area contributed by atoms with Crippen LogP contribution >= 0.6 is 0 Å². The van der Waals surface area contributed by atoms with Crippen molar-refractivity contribution in [1.29, 1.82) is 0 Å². The minimum Gasteiger partial charge on any atom is -0.341 e. The third-order valence-electron chi connectivity index (χ3n) is 16.4. The summed E-state index contributed by atoms with van der Waals surface area (Å²) in [5.41, 5.74) is 26.4. The van der Waals surface area contributed by atoms with Gasteiger partial charge >= 0.3 is 0 Å². The van der Waals surface area contributed by atoms with E-state index in [1.54, 1.807) is 0 Å². The van der Waals surface area contributed by atoms with E-state index in [0.717, 1.165) is 146 Å². The fourth-order valence-corrected chi connectivity index (χ4v) is 12.4. The second kappa shape index (κ2) is 18.6. The molecule has 0 amide bonds. The molecule has 8 nitrogen and oxygen atoms in total. The number of imidazole rings is 2. The van der Waals surface area contributed by atoms with Gasteiger partial charge in [-0.3, -0.25) is 0 Å². The van der Waals surface area contributed by atoms with E-state index in [1.165, 1.54) is 0 Å². The van der Waals surface area contributed by atoms with Gasteiger partial charge in [0.15, 0.2) is 0 Å². The maximum Gasteiger partial charge on any atom is 0.140 e. The average Bonchev–Trinajstić information content (AvgIpc) is 4.10. The first kappa shape index (κ1) is 46.8. The lowest BCUT2D eigenvalue weighted by Gasteiger charge is -2.38. The van der Waals surface area contributed by atoms with Crippen molar-refractivity contribution in [3.05, 3.63) is 255 Å². The van der Waals surface area contributed by atoms with Crippen LogP contribution in [0.15, 0.2) is 255 Å². The Morgan fingerprint density at radius 3 is 1.05 bits per heavy atom. The first-order valence-electron chi connectivity index (χ1n) is 27.2. The molecule has 13 aromatic rings. The van der Waals surface area contributed by atoms with Crippen molar-refractivity contribution in [2.75, 3.05) is 33.7 Å². The molecule has 0 spiro atoms. The number of rotatable bonds is 8.